The lowest BCUT2D eigenvalue weighted by Crippen LogP contribution is -2.44. The van der Waals surface area contributed by atoms with Gasteiger partial charge in [-0.05, 0) is 37.5 Å². The van der Waals surface area contributed by atoms with Crippen molar-refractivity contribution in [1.82, 2.24) is 9.80 Å². The number of fused-ring (bicyclic) bond motifs is 1. The zero-order valence-electron chi connectivity index (χ0n) is 19.7. The van der Waals surface area contributed by atoms with Crippen molar-refractivity contribution in [2.45, 2.75) is 64.6 Å². The average molecular weight is 461 g/mol. The number of ether oxygens (including phenoxy) is 4. The number of hydrogen-bond acceptors (Lipinski definition) is 7. The summed E-state index contributed by atoms with van der Waals surface area (Å²) in [4.78, 5) is 40.6. The van der Waals surface area contributed by atoms with E-state index in [1.165, 1.54) is 12.0 Å². The Hall–Kier alpha value is -3.07. The predicted octanol–water partition coefficient (Wildman–Crippen LogP) is 3.39. The molecule has 1 aromatic carbocycles. The topological polar surface area (TPSA) is 94.6 Å². The smallest absolute Gasteiger partial charge is 0.411 e. The maximum Gasteiger partial charge on any atom is 0.411 e. The fourth-order valence-corrected chi connectivity index (χ4v) is 3.99. The Balaban J connectivity index is 1.64. The van der Waals surface area contributed by atoms with Gasteiger partial charge in [0.05, 0.1) is 33.4 Å². The first-order valence-corrected chi connectivity index (χ1v) is 10.9. The minimum atomic E-state index is -0.868. The molecular weight excluding hydrogens is 428 g/mol. The van der Waals surface area contributed by atoms with Gasteiger partial charge in [0.25, 0.3) is 0 Å². The van der Waals surface area contributed by atoms with E-state index in [0.717, 1.165) is 16.7 Å². The van der Waals surface area contributed by atoms with Crippen LogP contribution < -0.4 is 0 Å². The first kappa shape index (κ1) is 24.6. The molecule has 2 aliphatic heterocycles. The second-order valence-corrected chi connectivity index (χ2v) is 9.13. The SMILES string of the molecule is C=CCOCc1cccc2c1CN(C(=O)O[C@@H]1C[C@@H](C(=O)OC)N(C(=O)OC(C)(C)C)C1)C2. The Labute approximate surface area is 194 Å². The van der Waals surface area contributed by atoms with Crippen LogP contribution in [0.3, 0.4) is 0 Å². The highest BCUT2D eigenvalue weighted by atomic mass is 16.6. The molecule has 33 heavy (non-hydrogen) atoms. The van der Waals surface area contributed by atoms with Crippen molar-refractivity contribution >= 4 is 18.2 Å². The molecule has 9 nitrogen and oxygen atoms in total. The molecule has 2 aliphatic rings. The molecule has 0 radical (unpaired) electrons. The Morgan fingerprint density at radius 2 is 1.94 bits per heavy atom. The second kappa shape index (κ2) is 10.2. The first-order valence-electron chi connectivity index (χ1n) is 10.9. The van der Waals surface area contributed by atoms with Crippen LogP contribution in [0.4, 0.5) is 9.59 Å². The molecule has 0 bridgehead atoms. The average Bonchev–Trinajstić information content (AvgIpc) is 3.37. The lowest BCUT2D eigenvalue weighted by Gasteiger charge is -2.27. The van der Waals surface area contributed by atoms with Crippen LogP contribution in [0.5, 0.6) is 0 Å². The minimum Gasteiger partial charge on any atom is -0.467 e. The van der Waals surface area contributed by atoms with E-state index >= 15 is 0 Å². The van der Waals surface area contributed by atoms with Crippen molar-refractivity contribution < 1.29 is 33.3 Å². The molecule has 180 valence electrons. The fraction of sp³-hybridized carbons (Fsp3) is 0.542. The lowest BCUT2D eigenvalue weighted by molar-refractivity contribution is -0.145. The minimum absolute atomic E-state index is 0.0574. The van der Waals surface area contributed by atoms with Gasteiger partial charge in [0, 0.05) is 13.0 Å². The Kier molecular flexibility index (Phi) is 7.63. The molecule has 1 fully saturated rings. The van der Waals surface area contributed by atoms with E-state index in [0.29, 0.717) is 26.3 Å². The zero-order chi connectivity index (χ0) is 24.2. The molecule has 2 heterocycles. The predicted molar refractivity (Wildman–Crippen MR) is 119 cm³/mol. The van der Waals surface area contributed by atoms with Gasteiger partial charge in [-0.3, -0.25) is 9.80 Å². The third-order valence-corrected chi connectivity index (χ3v) is 5.46. The summed E-state index contributed by atoms with van der Waals surface area (Å²) in [6, 6.07) is 5.03. The Morgan fingerprint density at radius 3 is 2.61 bits per heavy atom. The fourth-order valence-electron chi connectivity index (χ4n) is 3.99. The van der Waals surface area contributed by atoms with Crippen molar-refractivity contribution in [2.24, 2.45) is 0 Å². The Bertz CT molecular complexity index is 909. The van der Waals surface area contributed by atoms with E-state index in [2.05, 4.69) is 6.58 Å². The molecule has 0 aromatic heterocycles. The monoisotopic (exact) mass is 460 g/mol. The largest absolute Gasteiger partial charge is 0.467 e. The quantitative estimate of drug-likeness (QED) is 0.278. The summed E-state index contributed by atoms with van der Waals surface area (Å²) in [5, 5.41) is 0. The summed E-state index contributed by atoms with van der Waals surface area (Å²) >= 11 is 0. The van der Waals surface area contributed by atoms with Gasteiger partial charge in [0.15, 0.2) is 0 Å². The van der Waals surface area contributed by atoms with E-state index in [9.17, 15) is 14.4 Å². The van der Waals surface area contributed by atoms with Crippen LogP contribution >= 0.6 is 0 Å². The number of carbonyl (C=O) groups is 3. The van der Waals surface area contributed by atoms with E-state index < -0.39 is 35.9 Å². The molecule has 3 rings (SSSR count). The zero-order valence-corrected chi connectivity index (χ0v) is 19.7. The maximum atomic E-state index is 12.9. The number of likely N-dealkylation sites (tertiary alicyclic amines) is 1. The number of benzene rings is 1. The number of hydrogen-bond donors (Lipinski definition) is 0. The molecule has 0 unspecified atom stereocenters. The lowest BCUT2D eigenvalue weighted by atomic mass is 10.0. The third-order valence-electron chi connectivity index (χ3n) is 5.46. The molecule has 1 saturated heterocycles. The molecular formula is C24H32N2O7. The normalized spacial score (nSPS) is 19.8. The molecule has 0 saturated carbocycles. The second-order valence-electron chi connectivity index (χ2n) is 9.13. The van der Waals surface area contributed by atoms with Crippen LogP contribution in [0.15, 0.2) is 30.9 Å². The van der Waals surface area contributed by atoms with E-state index in [-0.39, 0.29) is 13.0 Å². The van der Waals surface area contributed by atoms with Gasteiger partial charge in [-0.1, -0.05) is 24.3 Å². The first-order chi connectivity index (χ1) is 15.6. The van der Waals surface area contributed by atoms with Gasteiger partial charge in [-0.2, -0.15) is 0 Å². The highest BCUT2D eigenvalue weighted by Crippen LogP contribution is 2.29. The summed E-state index contributed by atoms with van der Waals surface area (Å²) in [5.74, 6) is -0.572. The molecule has 0 spiro atoms. The van der Waals surface area contributed by atoms with Crippen molar-refractivity contribution in [3.63, 3.8) is 0 Å². The van der Waals surface area contributed by atoms with E-state index in [1.807, 2.05) is 18.2 Å². The van der Waals surface area contributed by atoms with Crippen LogP contribution in [0, 0.1) is 0 Å². The number of carbonyl (C=O) groups excluding carboxylic acids is 3. The third kappa shape index (κ3) is 6.04. The summed E-state index contributed by atoms with van der Waals surface area (Å²) in [5.41, 5.74) is 2.39. The van der Waals surface area contributed by atoms with E-state index in [1.54, 1.807) is 31.7 Å². The number of rotatable bonds is 6. The number of nitrogens with zero attached hydrogens (tertiary/aromatic N) is 2. The summed E-state index contributed by atoms with van der Waals surface area (Å²) in [6.07, 6.45) is 0.0570. The highest BCUT2D eigenvalue weighted by molar-refractivity contribution is 5.82. The highest BCUT2D eigenvalue weighted by Gasteiger charge is 2.44. The molecule has 9 heteroatoms. The summed E-state index contributed by atoms with van der Waals surface area (Å²) in [7, 11) is 1.26. The molecule has 0 N–H and O–H groups in total. The van der Waals surface area contributed by atoms with Gasteiger partial charge in [-0.15, -0.1) is 6.58 Å². The van der Waals surface area contributed by atoms with Gasteiger partial charge >= 0.3 is 18.2 Å². The number of methoxy groups -OCH3 is 1. The van der Waals surface area contributed by atoms with Crippen molar-refractivity contribution in [2.75, 3.05) is 20.3 Å². The van der Waals surface area contributed by atoms with Gasteiger partial charge in [0.2, 0.25) is 0 Å². The Morgan fingerprint density at radius 1 is 1.18 bits per heavy atom. The van der Waals surface area contributed by atoms with Crippen LogP contribution in [0.1, 0.15) is 43.9 Å². The summed E-state index contributed by atoms with van der Waals surface area (Å²) in [6.45, 7) is 10.7. The van der Waals surface area contributed by atoms with E-state index in [4.69, 9.17) is 18.9 Å². The number of esters is 1. The van der Waals surface area contributed by atoms with Crippen molar-refractivity contribution in [3.8, 4) is 0 Å². The number of amides is 2. The molecule has 2 amide bonds. The molecule has 0 aliphatic carbocycles. The standard InChI is InChI=1S/C24H32N2O7/c1-6-10-31-15-17-9-7-8-16-12-25(14-19(16)17)22(28)32-18-11-20(21(27)30-5)26(13-18)23(29)33-24(2,3)4/h6-9,18,20H,1,10-15H2,2-5H3/t18-,20+/m1/s1. The summed E-state index contributed by atoms with van der Waals surface area (Å²) < 4.78 is 21.5. The van der Waals surface area contributed by atoms with Crippen LogP contribution in [0.2, 0.25) is 0 Å². The van der Waals surface area contributed by atoms with Crippen LogP contribution in [-0.2, 0) is 43.4 Å². The van der Waals surface area contributed by atoms with Crippen LogP contribution in [0.25, 0.3) is 0 Å². The van der Waals surface area contributed by atoms with Gasteiger partial charge in [-0.25, -0.2) is 14.4 Å². The van der Waals surface area contributed by atoms with Crippen molar-refractivity contribution in [3.05, 3.63) is 47.5 Å². The van der Waals surface area contributed by atoms with Crippen LogP contribution in [-0.4, -0.2) is 66.0 Å². The maximum absolute atomic E-state index is 12.9. The van der Waals surface area contributed by atoms with Gasteiger partial charge in [0.1, 0.15) is 17.7 Å². The molecule has 1 aromatic rings. The van der Waals surface area contributed by atoms with Gasteiger partial charge < -0.3 is 18.9 Å². The molecule has 2 atom stereocenters. The van der Waals surface area contributed by atoms with Crippen molar-refractivity contribution in [1.29, 1.82) is 0 Å².